The molecule has 0 radical (unpaired) electrons. The van der Waals surface area contributed by atoms with Crippen LogP contribution in [0.3, 0.4) is 0 Å². The highest BCUT2D eigenvalue weighted by Gasteiger charge is 2.14. The molecule has 0 saturated heterocycles. The van der Waals surface area contributed by atoms with Crippen LogP contribution in [0.15, 0.2) is 54.6 Å². The highest BCUT2D eigenvalue weighted by atomic mass is 16.3. The van der Waals surface area contributed by atoms with Crippen LogP contribution in [0.2, 0.25) is 0 Å². The Kier molecular flexibility index (Phi) is 6.82. The van der Waals surface area contributed by atoms with E-state index in [1.165, 1.54) is 0 Å². The summed E-state index contributed by atoms with van der Waals surface area (Å²) in [5, 5.41) is 11.8. The molecule has 2 amide bonds. The van der Waals surface area contributed by atoms with E-state index in [4.69, 9.17) is 5.11 Å². The van der Waals surface area contributed by atoms with Crippen molar-refractivity contribution in [2.24, 2.45) is 0 Å². The molecule has 0 aliphatic carbocycles. The van der Waals surface area contributed by atoms with Gasteiger partial charge in [-0.25, -0.2) is 4.79 Å². The predicted molar refractivity (Wildman–Crippen MR) is 97.7 cm³/mol. The van der Waals surface area contributed by atoms with E-state index in [0.29, 0.717) is 13.0 Å². The SMILES string of the molecule is CC(CCCO)NC(=O)N(C)Cc1ccccc1-c1ccccc1. The first-order valence-electron chi connectivity index (χ1n) is 8.37. The Morgan fingerprint density at radius 1 is 1.12 bits per heavy atom. The van der Waals surface area contributed by atoms with Gasteiger partial charge in [0, 0.05) is 26.2 Å². The molecule has 2 aromatic rings. The van der Waals surface area contributed by atoms with Crippen molar-refractivity contribution < 1.29 is 9.90 Å². The van der Waals surface area contributed by atoms with Gasteiger partial charge in [-0.3, -0.25) is 0 Å². The fraction of sp³-hybridized carbons (Fsp3) is 0.350. The molecule has 0 bridgehead atoms. The number of benzene rings is 2. The normalized spacial score (nSPS) is 11.8. The Bertz CT molecular complexity index is 643. The van der Waals surface area contributed by atoms with Crippen LogP contribution in [0.4, 0.5) is 4.79 Å². The molecule has 0 fully saturated rings. The summed E-state index contributed by atoms with van der Waals surface area (Å²) in [6.07, 6.45) is 1.47. The monoisotopic (exact) mass is 326 g/mol. The van der Waals surface area contributed by atoms with Gasteiger partial charge in [-0.2, -0.15) is 0 Å². The Hall–Kier alpha value is -2.33. The summed E-state index contributed by atoms with van der Waals surface area (Å²) in [6, 6.07) is 18.3. The number of nitrogens with zero attached hydrogens (tertiary/aromatic N) is 1. The van der Waals surface area contributed by atoms with Crippen LogP contribution in [0, 0.1) is 0 Å². The minimum atomic E-state index is -0.0942. The molecule has 4 heteroatoms. The molecule has 1 unspecified atom stereocenters. The lowest BCUT2D eigenvalue weighted by molar-refractivity contribution is 0.201. The number of amides is 2. The van der Waals surface area contributed by atoms with Crippen LogP contribution >= 0.6 is 0 Å². The van der Waals surface area contributed by atoms with Crippen LogP contribution in [0.5, 0.6) is 0 Å². The molecule has 2 rings (SSSR count). The molecule has 0 aliphatic rings. The van der Waals surface area contributed by atoms with Crippen LogP contribution in [0.25, 0.3) is 11.1 Å². The minimum Gasteiger partial charge on any atom is -0.396 e. The fourth-order valence-electron chi connectivity index (χ4n) is 2.68. The largest absolute Gasteiger partial charge is 0.396 e. The van der Waals surface area contributed by atoms with E-state index in [0.717, 1.165) is 23.1 Å². The van der Waals surface area contributed by atoms with Gasteiger partial charge in [0.15, 0.2) is 0 Å². The van der Waals surface area contributed by atoms with Crippen LogP contribution in [0.1, 0.15) is 25.3 Å². The number of carbonyl (C=O) groups excluding carboxylic acids is 1. The van der Waals surface area contributed by atoms with Gasteiger partial charge in [-0.1, -0.05) is 54.6 Å². The van der Waals surface area contributed by atoms with Gasteiger partial charge in [0.2, 0.25) is 0 Å². The van der Waals surface area contributed by atoms with Gasteiger partial charge >= 0.3 is 6.03 Å². The maximum absolute atomic E-state index is 12.3. The molecule has 1 atom stereocenters. The smallest absolute Gasteiger partial charge is 0.317 e. The van der Waals surface area contributed by atoms with Gasteiger partial charge in [0.05, 0.1) is 0 Å². The topological polar surface area (TPSA) is 52.6 Å². The molecular weight excluding hydrogens is 300 g/mol. The third-order valence-corrected chi connectivity index (χ3v) is 4.02. The third kappa shape index (κ3) is 5.10. The average molecular weight is 326 g/mol. The molecular formula is C20H26N2O2. The molecule has 4 nitrogen and oxygen atoms in total. The van der Waals surface area contributed by atoms with Gasteiger partial charge in [-0.15, -0.1) is 0 Å². The van der Waals surface area contributed by atoms with Crippen LogP contribution < -0.4 is 5.32 Å². The first kappa shape index (κ1) is 18.0. The van der Waals surface area contributed by atoms with Crippen molar-refractivity contribution in [1.29, 1.82) is 0 Å². The molecule has 0 spiro atoms. The summed E-state index contributed by atoms with van der Waals surface area (Å²) >= 11 is 0. The molecule has 24 heavy (non-hydrogen) atoms. The van der Waals surface area contributed by atoms with Crippen molar-refractivity contribution in [2.75, 3.05) is 13.7 Å². The predicted octanol–water partition coefficient (Wildman–Crippen LogP) is 3.66. The Morgan fingerprint density at radius 2 is 1.79 bits per heavy atom. The second-order valence-corrected chi connectivity index (χ2v) is 6.10. The fourth-order valence-corrected chi connectivity index (χ4v) is 2.68. The molecule has 128 valence electrons. The molecule has 0 aromatic heterocycles. The molecule has 2 aromatic carbocycles. The summed E-state index contributed by atoms with van der Waals surface area (Å²) in [4.78, 5) is 14.0. The average Bonchev–Trinajstić information content (AvgIpc) is 2.61. The van der Waals surface area contributed by atoms with Gasteiger partial charge in [-0.05, 0) is 36.5 Å². The number of nitrogens with one attached hydrogen (secondary N) is 1. The molecule has 0 saturated carbocycles. The summed E-state index contributed by atoms with van der Waals surface area (Å²) in [7, 11) is 1.80. The van der Waals surface area contributed by atoms with E-state index < -0.39 is 0 Å². The second kappa shape index (κ2) is 9.08. The second-order valence-electron chi connectivity index (χ2n) is 6.10. The Balaban J connectivity index is 2.04. The van der Waals surface area contributed by atoms with Crippen molar-refractivity contribution in [3.05, 3.63) is 60.2 Å². The van der Waals surface area contributed by atoms with Gasteiger partial charge in [0.1, 0.15) is 0 Å². The van der Waals surface area contributed by atoms with E-state index in [9.17, 15) is 4.79 Å². The van der Waals surface area contributed by atoms with E-state index >= 15 is 0 Å². The van der Waals surface area contributed by atoms with E-state index in [1.807, 2.05) is 37.3 Å². The number of hydrogen-bond donors (Lipinski definition) is 2. The highest BCUT2D eigenvalue weighted by molar-refractivity contribution is 5.75. The van der Waals surface area contributed by atoms with Gasteiger partial charge in [0.25, 0.3) is 0 Å². The van der Waals surface area contributed by atoms with E-state index in [2.05, 4.69) is 29.6 Å². The first-order valence-corrected chi connectivity index (χ1v) is 8.37. The lowest BCUT2D eigenvalue weighted by atomic mass is 9.99. The maximum atomic E-state index is 12.3. The van der Waals surface area contributed by atoms with E-state index in [-0.39, 0.29) is 18.7 Å². The number of carbonyl (C=O) groups is 1. The van der Waals surface area contributed by atoms with Crippen molar-refractivity contribution in [2.45, 2.75) is 32.4 Å². The molecule has 2 N–H and O–H groups in total. The number of hydrogen-bond acceptors (Lipinski definition) is 2. The van der Waals surface area contributed by atoms with Crippen molar-refractivity contribution in [3.8, 4) is 11.1 Å². The van der Waals surface area contributed by atoms with Crippen LogP contribution in [-0.2, 0) is 6.54 Å². The third-order valence-electron chi connectivity index (χ3n) is 4.02. The zero-order valence-corrected chi connectivity index (χ0v) is 14.4. The number of rotatable bonds is 7. The summed E-state index contributed by atoms with van der Waals surface area (Å²) < 4.78 is 0. The number of aliphatic hydroxyl groups excluding tert-OH is 1. The standard InChI is InChI=1S/C20H26N2O2/c1-16(9-8-14-23)21-20(24)22(2)15-18-12-6-7-13-19(18)17-10-4-3-5-11-17/h3-7,10-13,16,23H,8-9,14-15H2,1-2H3,(H,21,24). The van der Waals surface area contributed by atoms with Crippen molar-refractivity contribution in [3.63, 3.8) is 0 Å². The van der Waals surface area contributed by atoms with Crippen molar-refractivity contribution >= 4 is 6.03 Å². The molecule has 0 aliphatic heterocycles. The lowest BCUT2D eigenvalue weighted by Crippen LogP contribution is -2.41. The van der Waals surface area contributed by atoms with E-state index in [1.54, 1.807) is 11.9 Å². The quantitative estimate of drug-likeness (QED) is 0.816. The zero-order chi connectivity index (χ0) is 17.4. The maximum Gasteiger partial charge on any atom is 0.317 e. The number of aliphatic hydroxyl groups is 1. The van der Waals surface area contributed by atoms with Crippen LogP contribution in [-0.4, -0.2) is 35.7 Å². The molecule has 0 heterocycles. The van der Waals surface area contributed by atoms with Crippen molar-refractivity contribution in [1.82, 2.24) is 10.2 Å². The highest BCUT2D eigenvalue weighted by Crippen LogP contribution is 2.24. The summed E-state index contributed by atoms with van der Waals surface area (Å²) in [5.74, 6) is 0. The summed E-state index contributed by atoms with van der Waals surface area (Å²) in [6.45, 7) is 2.66. The van der Waals surface area contributed by atoms with Gasteiger partial charge < -0.3 is 15.3 Å². The Labute approximate surface area is 144 Å². The Morgan fingerprint density at radius 3 is 2.50 bits per heavy atom. The lowest BCUT2D eigenvalue weighted by Gasteiger charge is -2.22. The number of urea groups is 1. The zero-order valence-electron chi connectivity index (χ0n) is 14.4. The first-order chi connectivity index (χ1) is 11.6. The minimum absolute atomic E-state index is 0.0523. The summed E-state index contributed by atoms with van der Waals surface area (Å²) in [5.41, 5.74) is 3.41.